The third-order valence-electron chi connectivity index (χ3n) is 6.02. The van der Waals surface area contributed by atoms with Crippen molar-refractivity contribution in [2.45, 2.75) is 38.5 Å². The number of nitrogens with zero attached hydrogens (tertiary/aromatic N) is 1. The van der Waals surface area contributed by atoms with E-state index >= 15 is 4.39 Å². The summed E-state index contributed by atoms with van der Waals surface area (Å²) in [6, 6.07) is -0.788. The van der Waals surface area contributed by atoms with Gasteiger partial charge in [0.1, 0.15) is 5.71 Å². The monoisotopic (exact) mass is 433 g/mol. The fourth-order valence-electron chi connectivity index (χ4n) is 4.87. The third kappa shape index (κ3) is 2.78. The molecule has 1 spiro atoms. The molecular formula is C19H20FN5O6. The number of benzene rings is 1. The molecule has 1 aromatic rings. The maximum Gasteiger partial charge on any atom is 0.328 e. The zero-order valence-electron chi connectivity index (χ0n) is 16.6. The Morgan fingerprint density at radius 2 is 1.94 bits per heavy atom. The lowest BCUT2D eigenvalue weighted by molar-refractivity contribution is -0.153. The predicted molar refractivity (Wildman–Crippen MR) is 103 cm³/mol. The van der Waals surface area contributed by atoms with Gasteiger partial charge in [-0.15, -0.1) is 0 Å². The molecule has 3 aliphatic rings. The number of barbiturate groups is 1. The van der Waals surface area contributed by atoms with Crippen molar-refractivity contribution >= 4 is 35.2 Å². The topological polar surface area (TPSA) is 175 Å². The number of nitrogens with one attached hydrogen (secondary N) is 3. The van der Waals surface area contributed by atoms with Crippen LogP contribution in [0, 0.1) is 16.6 Å². The van der Waals surface area contributed by atoms with Crippen LogP contribution >= 0.6 is 0 Å². The van der Waals surface area contributed by atoms with Crippen LogP contribution in [0.5, 0.6) is 5.75 Å². The second-order valence-corrected chi connectivity index (χ2v) is 7.97. The number of fused-ring (bicyclic) bond motifs is 4. The van der Waals surface area contributed by atoms with Crippen molar-refractivity contribution < 1.29 is 33.4 Å². The number of halogens is 1. The van der Waals surface area contributed by atoms with Crippen LogP contribution in [-0.2, 0) is 25.5 Å². The first-order valence-corrected chi connectivity index (χ1v) is 9.51. The Kier molecular flexibility index (Phi) is 4.50. The molecule has 4 rings (SSSR count). The summed E-state index contributed by atoms with van der Waals surface area (Å²) in [7, 11) is 0. The quantitative estimate of drug-likeness (QED) is 0.302. The highest BCUT2D eigenvalue weighted by molar-refractivity contribution is 6.44. The zero-order chi connectivity index (χ0) is 22.8. The molecule has 3 heterocycles. The van der Waals surface area contributed by atoms with Crippen molar-refractivity contribution in [3.63, 3.8) is 0 Å². The van der Waals surface area contributed by atoms with E-state index in [2.05, 4.69) is 10.6 Å². The number of rotatable bonds is 2. The number of urea groups is 1. The number of morpholine rings is 1. The summed E-state index contributed by atoms with van der Waals surface area (Å²) in [6.45, 7) is 3.44. The average molecular weight is 433 g/mol. The van der Waals surface area contributed by atoms with Gasteiger partial charge < -0.3 is 20.5 Å². The number of aromatic hydroxyl groups is 1. The Hall–Kier alpha value is -3.54. The largest absolute Gasteiger partial charge is 0.504 e. The number of carbonyl (C=O) groups is 4. The lowest BCUT2D eigenvalue weighted by Gasteiger charge is -2.55. The van der Waals surface area contributed by atoms with Gasteiger partial charge in [0.25, 0.3) is 5.91 Å². The third-order valence-corrected chi connectivity index (χ3v) is 6.02. The minimum absolute atomic E-state index is 0.0614. The number of phenols is 1. The predicted octanol–water partition coefficient (Wildman–Crippen LogP) is -0.725. The van der Waals surface area contributed by atoms with E-state index in [0.29, 0.717) is 0 Å². The minimum Gasteiger partial charge on any atom is -0.504 e. The maximum atomic E-state index is 15.4. The van der Waals surface area contributed by atoms with Crippen molar-refractivity contribution in [3.05, 3.63) is 23.0 Å². The number of hydrogen-bond donors (Lipinski definition) is 5. The first-order valence-electron chi connectivity index (χ1n) is 9.51. The van der Waals surface area contributed by atoms with Gasteiger partial charge in [0, 0.05) is 13.0 Å². The van der Waals surface area contributed by atoms with Crippen LogP contribution in [0.25, 0.3) is 0 Å². The highest BCUT2D eigenvalue weighted by Crippen LogP contribution is 2.49. The van der Waals surface area contributed by atoms with Crippen LogP contribution in [0.2, 0.25) is 0 Å². The number of phenolic OH excluding ortho intramolecular Hbond substituents is 1. The van der Waals surface area contributed by atoms with Crippen molar-refractivity contribution in [1.82, 2.24) is 10.6 Å². The second-order valence-electron chi connectivity index (χ2n) is 7.97. The maximum absolute atomic E-state index is 15.4. The number of nitrogens with two attached hydrogens (primary N) is 1. The summed E-state index contributed by atoms with van der Waals surface area (Å²) in [5, 5.41) is 22.3. The molecule has 0 aliphatic carbocycles. The van der Waals surface area contributed by atoms with Gasteiger partial charge in [-0.1, -0.05) is 0 Å². The second kappa shape index (κ2) is 6.74. The van der Waals surface area contributed by atoms with Crippen molar-refractivity contribution in [3.8, 4) is 5.75 Å². The van der Waals surface area contributed by atoms with E-state index in [9.17, 15) is 24.3 Å². The lowest BCUT2D eigenvalue weighted by atomic mass is 9.66. The molecular weight excluding hydrogens is 413 g/mol. The number of amides is 5. The van der Waals surface area contributed by atoms with E-state index in [1.807, 2.05) is 0 Å². The fraction of sp³-hybridized carbons (Fsp3) is 0.421. The van der Waals surface area contributed by atoms with Crippen LogP contribution < -0.4 is 21.3 Å². The normalized spacial score (nSPS) is 26.6. The highest BCUT2D eigenvalue weighted by atomic mass is 19.1. The SMILES string of the molecule is C[C@@H]1CN2c3c(cc(C(=N)C(N)=O)c(O)c3F)CC3(C(=O)NC(=O)NC3=O)[C@H]2[C@H](C)O1. The number of primary amides is 1. The van der Waals surface area contributed by atoms with Gasteiger partial charge >= 0.3 is 6.03 Å². The van der Waals surface area contributed by atoms with Crippen LogP contribution in [0.1, 0.15) is 25.0 Å². The summed E-state index contributed by atoms with van der Waals surface area (Å²) in [5.74, 6) is -4.96. The number of hydrogen-bond acceptors (Lipinski definition) is 8. The number of anilines is 1. The van der Waals surface area contributed by atoms with E-state index in [0.717, 1.165) is 0 Å². The van der Waals surface area contributed by atoms with Crippen LogP contribution in [0.3, 0.4) is 0 Å². The first-order chi connectivity index (χ1) is 14.5. The van der Waals surface area contributed by atoms with E-state index in [1.165, 1.54) is 11.0 Å². The van der Waals surface area contributed by atoms with Crippen LogP contribution in [-0.4, -0.2) is 59.4 Å². The molecule has 1 aromatic carbocycles. The first kappa shape index (κ1) is 20.7. The van der Waals surface area contributed by atoms with E-state index in [1.54, 1.807) is 13.8 Å². The average Bonchev–Trinajstić information content (AvgIpc) is 2.67. The van der Waals surface area contributed by atoms with Gasteiger partial charge in [-0.2, -0.15) is 0 Å². The molecule has 0 radical (unpaired) electrons. The Balaban J connectivity index is 1.99. The van der Waals surface area contributed by atoms with Gasteiger partial charge in [0.15, 0.2) is 17.0 Å². The molecule has 3 aliphatic heterocycles. The summed E-state index contributed by atoms with van der Waals surface area (Å²) < 4.78 is 21.2. The summed E-state index contributed by atoms with van der Waals surface area (Å²) in [6.07, 6.45) is -1.48. The number of imide groups is 2. The standard InChI is InChI=1S/C19H20FN5O6/c1-6-5-25-12-8(3-9(11(21)15(22)27)13(26)10(12)20)4-19(14(25)7(2)31-6)16(28)23-18(30)24-17(19)29/h3,6-7,14,21,26H,4-5H2,1-2H3,(H2,22,27)(H2,23,24,28,29,30)/t6-,7+,14-/m1/s1. The van der Waals surface area contributed by atoms with E-state index in [4.69, 9.17) is 15.9 Å². The molecule has 11 nitrogen and oxygen atoms in total. The minimum atomic E-state index is -1.85. The van der Waals surface area contributed by atoms with Crippen molar-refractivity contribution in [2.75, 3.05) is 11.4 Å². The van der Waals surface area contributed by atoms with Gasteiger partial charge in [0.05, 0.1) is 29.5 Å². The number of ether oxygens (including phenoxy) is 1. The molecule has 0 unspecified atom stereocenters. The van der Waals surface area contributed by atoms with Gasteiger partial charge in [-0.3, -0.25) is 30.4 Å². The van der Waals surface area contributed by atoms with Crippen molar-refractivity contribution in [2.24, 2.45) is 11.1 Å². The Morgan fingerprint density at radius 3 is 2.52 bits per heavy atom. The Morgan fingerprint density at radius 1 is 1.32 bits per heavy atom. The van der Waals surface area contributed by atoms with Crippen LogP contribution in [0.15, 0.2) is 6.07 Å². The van der Waals surface area contributed by atoms with E-state index < -0.39 is 70.3 Å². The van der Waals surface area contributed by atoms with E-state index in [-0.39, 0.29) is 24.2 Å². The molecule has 0 saturated carbocycles. The number of carbonyl (C=O) groups excluding carboxylic acids is 4. The molecule has 164 valence electrons. The molecule has 0 bridgehead atoms. The summed E-state index contributed by atoms with van der Waals surface area (Å²) >= 11 is 0. The van der Waals surface area contributed by atoms with Gasteiger partial charge in [0.2, 0.25) is 11.8 Å². The fourth-order valence-corrected chi connectivity index (χ4v) is 4.87. The van der Waals surface area contributed by atoms with Gasteiger partial charge in [-0.25, -0.2) is 9.18 Å². The molecule has 31 heavy (non-hydrogen) atoms. The zero-order valence-corrected chi connectivity index (χ0v) is 16.6. The molecule has 2 fully saturated rings. The lowest BCUT2D eigenvalue weighted by Crippen LogP contribution is -2.75. The summed E-state index contributed by atoms with van der Waals surface area (Å²) in [4.78, 5) is 50.7. The Labute approximate surface area is 175 Å². The summed E-state index contributed by atoms with van der Waals surface area (Å²) in [5.41, 5.74) is 2.02. The van der Waals surface area contributed by atoms with Gasteiger partial charge in [-0.05, 0) is 25.5 Å². The molecule has 3 atom stereocenters. The van der Waals surface area contributed by atoms with Crippen molar-refractivity contribution in [1.29, 1.82) is 5.41 Å². The molecule has 0 aromatic heterocycles. The molecule has 2 saturated heterocycles. The molecule has 6 N–H and O–H groups in total. The highest BCUT2D eigenvalue weighted by Gasteiger charge is 2.63. The van der Waals surface area contributed by atoms with Crippen LogP contribution in [0.4, 0.5) is 14.9 Å². The molecule has 12 heteroatoms. The molecule has 5 amide bonds. The Bertz CT molecular complexity index is 1050. The smallest absolute Gasteiger partial charge is 0.328 e.